The molecule has 2 saturated heterocycles. The normalized spacial score (nSPS) is 21.7. The van der Waals surface area contributed by atoms with Gasteiger partial charge >= 0.3 is 6.09 Å². The topological polar surface area (TPSA) is 93.4 Å². The second kappa shape index (κ2) is 7.64. The predicted octanol–water partition coefficient (Wildman–Crippen LogP) is 3.49. The Kier molecular flexibility index (Phi) is 5.05. The van der Waals surface area contributed by atoms with Gasteiger partial charge in [0.05, 0.1) is 28.5 Å². The molecule has 0 unspecified atom stereocenters. The SMILES string of the molecule is N#Cc1ccc(-c2nc(N3CC[C@@H]4CN(C(=O)O)C[C@@H]4CC3)ncc2Cl)cc1. The second-order valence-corrected chi connectivity index (χ2v) is 7.74. The summed E-state index contributed by atoms with van der Waals surface area (Å²) in [6.07, 6.45) is 2.65. The summed E-state index contributed by atoms with van der Waals surface area (Å²) in [6.45, 7) is 2.82. The van der Waals surface area contributed by atoms with Gasteiger partial charge in [-0.05, 0) is 36.8 Å². The summed E-state index contributed by atoms with van der Waals surface area (Å²) in [5.74, 6) is 1.43. The van der Waals surface area contributed by atoms with Crippen LogP contribution in [0, 0.1) is 23.2 Å². The Labute approximate surface area is 168 Å². The Hall–Kier alpha value is -2.85. The predicted molar refractivity (Wildman–Crippen MR) is 105 cm³/mol. The first-order valence-electron chi connectivity index (χ1n) is 9.31. The molecular formula is C20H20ClN5O2. The van der Waals surface area contributed by atoms with Crippen LogP contribution in [-0.4, -0.2) is 52.2 Å². The number of hydrogen-bond acceptors (Lipinski definition) is 5. The molecule has 1 N–H and O–H groups in total. The fraction of sp³-hybridized carbons (Fsp3) is 0.400. The Bertz CT molecular complexity index is 911. The summed E-state index contributed by atoms with van der Waals surface area (Å²) in [5.41, 5.74) is 2.08. The molecule has 0 saturated carbocycles. The molecule has 0 spiro atoms. The molecule has 0 aliphatic carbocycles. The van der Waals surface area contributed by atoms with Gasteiger partial charge in [0.1, 0.15) is 0 Å². The molecule has 2 atom stereocenters. The molecule has 8 heteroatoms. The van der Waals surface area contributed by atoms with Crippen LogP contribution >= 0.6 is 11.6 Å². The highest BCUT2D eigenvalue weighted by molar-refractivity contribution is 6.32. The Balaban J connectivity index is 1.52. The van der Waals surface area contributed by atoms with E-state index < -0.39 is 6.09 Å². The van der Waals surface area contributed by atoms with Crippen molar-refractivity contribution in [1.29, 1.82) is 5.26 Å². The van der Waals surface area contributed by atoms with Crippen LogP contribution in [0.3, 0.4) is 0 Å². The fourth-order valence-corrected chi connectivity index (χ4v) is 4.32. The van der Waals surface area contributed by atoms with Crippen LogP contribution in [0.15, 0.2) is 30.5 Å². The molecule has 2 fully saturated rings. The average molecular weight is 398 g/mol. The van der Waals surface area contributed by atoms with E-state index >= 15 is 0 Å². The number of likely N-dealkylation sites (tertiary alicyclic amines) is 1. The van der Waals surface area contributed by atoms with Crippen molar-refractivity contribution >= 4 is 23.6 Å². The standard InChI is InChI=1S/C20H20ClN5O2/c21-17-10-23-19(24-18(17)14-3-1-13(9-22)2-4-14)25-7-5-15-11-26(20(27)28)12-16(15)6-8-25/h1-4,10,15-16H,5-8,11-12H2,(H,27,28)/t15-,16+. The number of benzene rings is 1. The van der Waals surface area contributed by atoms with Gasteiger partial charge in [-0.2, -0.15) is 5.26 Å². The number of carbonyl (C=O) groups is 1. The van der Waals surface area contributed by atoms with Gasteiger partial charge in [-0.25, -0.2) is 14.8 Å². The molecule has 2 aliphatic rings. The summed E-state index contributed by atoms with van der Waals surface area (Å²) >= 11 is 6.33. The van der Waals surface area contributed by atoms with Crippen molar-refractivity contribution in [2.75, 3.05) is 31.1 Å². The molecule has 4 rings (SSSR count). The lowest BCUT2D eigenvalue weighted by Gasteiger charge is -2.22. The third kappa shape index (κ3) is 3.60. The van der Waals surface area contributed by atoms with Crippen molar-refractivity contribution in [3.05, 3.63) is 41.0 Å². The number of halogens is 1. The Morgan fingerprint density at radius 2 is 1.82 bits per heavy atom. The molecule has 2 aromatic rings. The van der Waals surface area contributed by atoms with E-state index in [9.17, 15) is 9.90 Å². The van der Waals surface area contributed by atoms with Gasteiger partial charge in [0.2, 0.25) is 5.95 Å². The van der Waals surface area contributed by atoms with Crippen LogP contribution in [0.4, 0.5) is 10.7 Å². The van der Waals surface area contributed by atoms with Crippen molar-refractivity contribution in [1.82, 2.24) is 14.9 Å². The number of carboxylic acid groups (broad SMARTS) is 1. The minimum absolute atomic E-state index is 0.395. The third-order valence-corrected chi connectivity index (χ3v) is 5.96. The molecule has 2 aliphatic heterocycles. The Morgan fingerprint density at radius 1 is 1.18 bits per heavy atom. The van der Waals surface area contributed by atoms with Crippen LogP contribution in [0.2, 0.25) is 5.02 Å². The first-order valence-corrected chi connectivity index (χ1v) is 9.69. The zero-order valence-electron chi connectivity index (χ0n) is 15.3. The van der Waals surface area contributed by atoms with Crippen LogP contribution in [-0.2, 0) is 0 Å². The fourth-order valence-electron chi connectivity index (χ4n) is 4.12. The highest BCUT2D eigenvalue weighted by atomic mass is 35.5. The molecule has 144 valence electrons. The number of aromatic nitrogens is 2. The van der Waals surface area contributed by atoms with E-state index in [0.717, 1.165) is 31.5 Å². The smallest absolute Gasteiger partial charge is 0.407 e. The lowest BCUT2D eigenvalue weighted by atomic mass is 9.92. The summed E-state index contributed by atoms with van der Waals surface area (Å²) < 4.78 is 0. The lowest BCUT2D eigenvalue weighted by Crippen LogP contribution is -2.30. The van der Waals surface area contributed by atoms with E-state index in [1.54, 1.807) is 18.3 Å². The van der Waals surface area contributed by atoms with Gasteiger partial charge in [-0.1, -0.05) is 23.7 Å². The van der Waals surface area contributed by atoms with E-state index in [0.29, 0.717) is 47.2 Å². The third-order valence-electron chi connectivity index (χ3n) is 5.69. The maximum absolute atomic E-state index is 11.2. The van der Waals surface area contributed by atoms with Crippen molar-refractivity contribution < 1.29 is 9.90 Å². The molecule has 3 heterocycles. The highest BCUT2D eigenvalue weighted by Gasteiger charge is 2.37. The number of fused-ring (bicyclic) bond motifs is 1. The molecule has 0 bridgehead atoms. The number of rotatable bonds is 2. The van der Waals surface area contributed by atoms with Crippen molar-refractivity contribution in [3.8, 4) is 17.3 Å². The average Bonchev–Trinajstić information content (AvgIpc) is 3.02. The number of anilines is 1. The first-order chi connectivity index (χ1) is 13.5. The lowest BCUT2D eigenvalue weighted by molar-refractivity contribution is 0.153. The van der Waals surface area contributed by atoms with Gasteiger partial charge in [0, 0.05) is 31.7 Å². The van der Waals surface area contributed by atoms with E-state index in [1.807, 2.05) is 12.1 Å². The quantitative estimate of drug-likeness (QED) is 0.833. The molecule has 0 radical (unpaired) electrons. The zero-order valence-corrected chi connectivity index (χ0v) is 16.0. The molecule has 28 heavy (non-hydrogen) atoms. The van der Waals surface area contributed by atoms with E-state index in [1.165, 1.54) is 4.90 Å². The summed E-state index contributed by atoms with van der Waals surface area (Å²) in [6, 6.07) is 9.27. The minimum Gasteiger partial charge on any atom is -0.465 e. The van der Waals surface area contributed by atoms with Crippen molar-refractivity contribution in [3.63, 3.8) is 0 Å². The maximum atomic E-state index is 11.2. The monoisotopic (exact) mass is 397 g/mol. The number of hydrogen-bond donors (Lipinski definition) is 1. The number of nitriles is 1. The maximum Gasteiger partial charge on any atom is 0.407 e. The van der Waals surface area contributed by atoms with E-state index in [-0.39, 0.29) is 0 Å². The summed E-state index contributed by atoms with van der Waals surface area (Å²) in [5, 5.41) is 18.7. The second-order valence-electron chi connectivity index (χ2n) is 7.33. The number of amides is 1. The molecule has 1 aromatic heterocycles. The van der Waals surface area contributed by atoms with Gasteiger partial charge in [0.25, 0.3) is 0 Å². The van der Waals surface area contributed by atoms with E-state index in [2.05, 4.69) is 16.0 Å². The molecular weight excluding hydrogens is 378 g/mol. The minimum atomic E-state index is -0.821. The van der Waals surface area contributed by atoms with Gasteiger partial charge in [-0.15, -0.1) is 0 Å². The first kappa shape index (κ1) is 18.5. The summed E-state index contributed by atoms with van der Waals surface area (Å²) in [7, 11) is 0. The molecule has 7 nitrogen and oxygen atoms in total. The number of nitrogens with zero attached hydrogens (tertiary/aromatic N) is 5. The van der Waals surface area contributed by atoms with E-state index in [4.69, 9.17) is 21.8 Å². The van der Waals surface area contributed by atoms with Gasteiger partial charge in [-0.3, -0.25) is 0 Å². The van der Waals surface area contributed by atoms with Crippen LogP contribution in [0.25, 0.3) is 11.3 Å². The highest BCUT2D eigenvalue weighted by Crippen LogP contribution is 2.33. The van der Waals surface area contributed by atoms with Crippen molar-refractivity contribution in [2.24, 2.45) is 11.8 Å². The molecule has 1 aromatic carbocycles. The van der Waals surface area contributed by atoms with Crippen LogP contribution in [0.1, 0.15) is 18.4 Å². The largest absolute Gasteiger partial charge is 0.465 e. The summed E-state index contributed by atoms with van der Waals surface area (Å²) in [4.78, 5) is 24.0. The van der Waals surface area contributed by atoms with Crippen LogP contribution in [0.5, 0.6) is 0 Å². The molecule has 1 amide bonds. The Morgan fingerprint density at radius 3 is 2.39 bits per heavy atom. The van der Waals surface area contributed by atoms with Gasteiger partial charge in [0.15, 0.2) is 0 Å². The van der Waals surface area contributed by atoms with Gasteiger partial charge < -0.3 is 14.9 Å². The van der Waals surface area contributed by atoms with Crippen LogP contribution < -0.4 is 4.90 Å². The zero-order chi connectivity index (χ0) is 19.7. The van der Waals surface area contributed by atoms with Crippen molar-refractivity contribution in [2.45, 2.75) is 12.8 Å².